The summed E-state index contributed by atoms with van der Waals surface area (Å²) in [5.41, 5.74) is 0. The predicted molar refractivity (Wildman–Crippen MR) is 63.9 cm³/mol. The highest BCUT2D eigenvalue weighted by Crippen LogP contribution is 2.45. The lowest BCUT2D eigenvalue weighted by atomic mass is 10.1. The van der Waals surface area contributed by atoms with Gasteiger partial charge in [-0.05, 0) is 0 Å². The Morgan fingerprint density at radius 3 is 1.64 bits per heavy atom. The van der Waals surface area contributed by atoms with Crippen LogP contribution in [0.15, 0.2) is 0 Å². The highest BCUT2D eigenvalue weighted by atomic mass is 31.2. The second-order valence-electron chi connectivity index (χ2n) is 3.61. The van der Waals surface area contributed by atoms with E-state index in [1.165, 1.54) is 0 Å². The van der Waals surface area contributed by atoms with Crippen LogP contribution in [-0.4, -0.2) is 65.7 Å². The Balaban J connectivity index is 5.42. The minimum atomic E-state index is -5.37. The molecule has 0 aliphatic rings. The fourth-order valence-corrected chi connectivity index (χ4v) is 2.57. The van der Waals surface area contributed by atoms with Gasteiger partial charge in [-0.2, -0.15) is 0 Å². The number of carbonyl (C=O) groups excluding carboxylic acids is 1. The minimum absolute atomic E-state index is 0.312. The average Bonchev–Trinajstić information content (AvgIpc) is 2.27. The molecule has 22 heavy (non-hydrogen) atoms. The SMILES string of the molecule is O=C[C@H](O)[C@@H](OP(=O)(O)O)[C@@H](COP(=O)(O)O)OP(=O)(O)O. The van der Waals surface area contributed by atoms with E-state index in [0.29, 0.717) is 0 Å². The van der Waals surface area contributed by atoms with Crippen molar-refractivity contribution in [2.24, 2.45) is 0 Å². The van der Waals surface area contributed by atoms with Crippen LogP contribution in [0.1, 0.15) is 0 Å². The van der Waals surface area contributed by atoms with Crippen molar-refractivity contribution in [1.82, 2.24) is 0 Å². The van der Waals surface area contributed by atoms with Crippen molar-refractivity contribution in [2.75, 3.05) is 6.61 Å². The molecule has 3 atom stereocenters. The third kappa shape index (κ3) is 10.6. The smallest absolute Gasteiger partial charge is 0.383 e. The van der Waals surface area contributed by atoms with Crippen molar-refractivity contribution in [1.29, 1.82) is 0 Å². The lowest BCUT2D eigenvalue weighted by molar-refractivity contribution is -0.125. The van der Waals surface area contributed by atoms with Crippen LogP contribution < -0.4 is 0 Å². The number of phosphoric ester groups is 3. The van der Waals surface area contributed by atoms with Crippen molar-refractivity contribution in [3.05, 3.63) is 0 Å². The monoisotopic (exact) mass is 390 g/mol. The topological polar surface area (TPSA) is 238 Å². The van der Waals surface area contributed by atoms with Gasteiger partial charge in [-0.15, -0.1) is 0 Å². The summed E-state index contributed by atoms with van der Waals surface area (Å²) in [7, 11) is -15.9. The van der Waals surface area contributed by atoms with Crippen LogP contribution in [0.2, 0.25) is 0 Å². The Bertz CT molecular complexity index is 499. The van der Waals surface area contributed by atoms with Gasteiger partial charge in [0.2, 0.25) is 0 Å². The van der Waals surface area contributed by atoms with E-state index in [9.17, 15) is 23.6 Å². The number of phosphoric acid groups is 3. The molecule has 0 bridgehead atoms. The van der Waals surface area contributed by atoms with Gasteiger partial charge in [-0.25, -0.2) is 13.7 Å². The normalized spacial score (nSPS) is 17.8. The Morgan fingerprint density at radius 2 is 1.32 bits per heavy atom. The molecule has 0 fully saturated rings. The summed E-state index contributed by atoms with van der Waals surface area (Å²) >= 11 is 0. The molecular formula is C5H13O14P3. The summed E-state index contributed by atoms with van der Waals surface area (Å²) in [5.74, 6) is 0. The summed E-state index contributed by atoms with van der Waals surface area (Å²) < 4.78 is 43.8. The van der Waals surface area contributed by atoms with Crippen molar-refractivity contribution < 1.29 is 66.5 Å². The van der Waals surface area contributed by atoms with Crippen LogP contribution in [0.25, 0.3) is 0 Å². The Hall–Kier alpha value is -0.0400. The predicted octanol–water partition coefficient (Wildman–Crippen LogP) is -2.39. The van der Waals surface area contributed by atoms with Crippen molar-refractivity contribution in [3.8, 4) is 0 Å². The molecule has 0 spiro atoms. The maximum Gasteiger partial charge on any atom is 0.470 e. The van der Waals surface area contributed by atoms with E-state index >= 15 is 0 Å². The lowest BCUT2D eigenvalue weighted by Gasteiger charge is -2.28. The minimum Gasteiger partial charge on any atom is -0.383 e. The van der Waals surface area contributed by atoms with E-state index in [-0.39, 0.29) is 6.29 Å². The summed E-state index contributed by atoms with van der Waals surface area (Å²) in [6.45, 7) is -1.37. The van der Waals surface area contributed by atoms with Crippen LogP contribution in [0.3, 0.4) is 0 Å². The molecule has 17 heteroatoms. The van der Waals surface area contributed by atoms with Gasteiger partial charge in [0, 0.05) is 0 Å². The average molecular weight is 390 g/mol. The second kappa shape index (κ2) is 8.18. The summed E-state index contributed by atoms with van der Waals surface area (Å²) in [4.78, 5) is 62.0. The molecule has 0 unspecified atom stereocenters. The van der Waals surface area contributed by atoms with Gasteiger partial charge < -0.3 is 39.3 Å². The van der Waals surface area contributed by atoms with Gasteiger partial charge in [0.1, 0.15) is 18.3 Å². The third-order valence-electron chi connectivity index (χ3n) is 1.78. The van der Waals surface area contributed by atoms with E-state index in [4.69, 9.17) is 29.4 Å². The fraction of sp³-hybridized carbons (Fsp3) is 0.800. The lowest BCUT2D eigenvalue weighted by Crippen LogP contribution is -2.43. The summed E-state index contributed by atoms with van der Waals surface area (Å²) in [6, 6.07) is 0. The van der Waals surface area contributed by atoms with Crippen LogP contribution >= 0.6 is 23.5 Å². The van der Waals surface area contributed by atoms with Crippen LogP contribution in [0.4, 0.5) is 0 Å². The van der Waals surface area contributed by atoms with Crippen molar-refractivity contribution in [2.45, 2.75) is 18.3 Å². The Morgan fingerprint density at radius 1 is 0.864 bits per heavy atom. The highest BCUT2D eigenvalue weighted by molar-refractivity contribution is 7.47. The number of hydrogen-bond acceptors (Lipinski definition) is 8. The number of aliphatic hydroxyl groups is 1. The number of rotatable bonds is 10. The first kappa shape index (κ1) is 22.0. The molecule has 0 saturated carbocycles. The van der Waals surface area contributed by atoms with Gasteiger partial charge in [-0.1, -0.05) is 0 Å². The molecule has 0 rings (SSSR count). The summed E-state index contributed by atoms with van der Waals surface area (Å²) in [5, 5.41) is 9.26. The first-order valence-electron chi connectivity index (χ1n) is 4.96. The first-order chi connectivity index (χ1) is 9.64. The van der Waals surface area contributed by atoms with Gasteiger partial charge >= 0.3 is 23.5 Å². The molecule has 0 amide bonds. The van der Waals surface area contributed by atoms with E-state index in [2.05, 4.69) is 13.6 Å². The van der Waals surface area contributed by atoms with E-state index in [1.807, 2.05) is 0 Å². The fourth-order valence-electron chi connectivity index (χ4n) is 1.12. The van der Waals surface area contributed by atoms with Gasteiger partial charge in [-0.3, -0.25) is 13.6 Å². The standard InChI is InChI=1S/C5H13O14P3/c6-1-3(7)5(19-22(14,15)16)4(18-21(11,12)13)2-17-20(8,9)10/h1,3-5,7H,2H2,(H2,8,9,10)(H2,11,12,13)(H2,14,15,16)/t3-,4+,5+/m0/s1. The zero-order valence-corrected chi connectivity index (χ0v) is 13.0. The Kier molecular flexibility index (Phi) is 8.16. The molecular weight excluding hydrogens is 377 g/mol. The van der Waals surface area contributed by atoms with E-state index < -0.39 is 48.4 Å². The molecule has 0 heterocycles. The Labute approximate surface area is 122 Å². The number of aliphatic hydroxyl groups excluding tert-OH is 1. The van der Waals surface area contributed by atoms with Gasteiger partial charge in [0.25, 0.3) is 0 Å². The molecule has 0 aliphatic carbocycles. The zero-order valence-electron chi connectivity index (χ0n) is 10.3. The molecule has 0 radical (unpaired) electrons. The zero-order chi connectivity index (χ0) is 17.8. The maximum atomic E-state index is 10.8. The maximum absolute atomic E-state index is 10.8. The largest absolute Gasteiger partial charge is 0.470 e. The quantitative estimate of drug-likeness (QED) is 0.152. The van der Waals surface area contributed by atoms with Gasteiger partial charge in [0.05, 0.1) is 6.61 Å². The number of aldehydes is 1. The molecule has 132 valence electrons. The molecule has 0 aromatic heterocycles. The number of hydrogen-bond donors (Lipinski definition) is 7. The third-order valence-corrected chi connectivity index (χ3v) is 3.33. The van der Waals surface area contributed by atoms with Crippen molar-refractivity contribution >= 4 is 29.8 Å². The van der Waals surface area contributed by atoms with Crippen LogP contribution in [0, 0.1) is 0 Å². The molecule has 0 aromatic carbocycles. The summed E-state index contributed by atoms with van der Waals surface area (Å²) in [6.07, 6.45) is -7.36. The van der Waals surface area contributed by atoms with Crippen LogP contribution in [-0.2, 0) is 32.1 Å². The molecule has 0 aromatic rings. The molecule has 0 saturated heterocycles. The second-order valence-corrected chi connectivity index (χ2v) is 7.23. The molecule has 7 N–H and O–H groups in total. The van der Waals surface area contributed by atoms with Crippen LogP contribution in [0.5, 0.6) is 0 Å². The molecule has 14 nitrogen and oxygen atoms in total. The van der Waals surface area contributed by atoms with E-state index in [1.54, 1.807) is 0 Å². The number of carbonyl (C=O) groups is 1. The molecule has 0 aliphatic heterocycles. The van der Waals surface area contributed by atoms with Gasteiger partial charge in [0.15, 0.2) is 6.29 Å². The van der Waals surface area contributed by atoms with E-state index in [0.717, 1.165) is 0 Å². The highest BCUT2D eigenvalue weighted by Gasteiger charge is 2.40. The van der Waals surface area contributed by atoms with Crippen molar-refractivity contribution in [3.63, 3.8) is 0 Å². The first-order valence-corrected chi connectivity index (χ1v) is 9.55.